The highest BCUT2D eigenvalue weighted by atomic mass is 32.1. The highest BCUT2D eigenvalue weighted by Crippen LogP contribution is 2.29. The molecule has 7 heteroatoms. The standard InChI is InChI=1S/C14H20N2O4S/c1-3-19-14(18)10-6-8(2)21-13(10)16-12(17)11-5-4-9(7-15)20-11/h6,9,11H,3-5,7,15H2,1-2H3,(H,16,17). The van der Waals surface area contributed by atoms with Gasteiger partial charge in [0.1, 0.15) is 11.1 Å². The number of carbonyl (C=O) groups excluding carboxylic acids is 2. The van der Waals surface area contributed by atoms with Crippen molar-refractivity contribution in [3.05, 3.63) is 16.5 Å². The lowest BCUT2D eigenvalue weighted by atomic mass is 10.2. The smallest absolute Gasteiger partial charge is 0.341 e. The summed E-state index contributed by atoms with van der Waals surface area (Å²) < 4.78 is 10.5. The van der Waals surface area contributed by atoms with E-state index in [1.165, 1.54) is 11.3 Å². The molecular weight excluding hydrogens is 292 g/mol. The molecule has 2 rings (SSSR count). The quantitative estimate of drug-likeness (QED) is 0.807. The van der Waals surface area contributed by atoms with E-state index in [9.17, 15) is 9.59 Å². The number of hydrogen-bond donors (Lipinski definition) is 2. The van der Waals surface area contributed by atoms with E-state index in [0.29, 0.717) is 30.1 Å². The molecule has 1 aromatic heterocycles. The van der Waals surface area contributed by atoms with Gasteiger partial charge in [0, 0.05) is 11.4 Å². The number of ether oxygens (including phenoxy) is 2. The molecule has 116 valence electrons. The van der Waals surface area contributed by atoms with E-state index in [-0.39, 0.29) is 12.0 Å². The van der Waals surface area contributed by atoms with Crippen LogP contribution in [0, 0.1) is 6.92 Å². The van der Waals surface area contributed by atoms with Crippen LogP contribution in [0.25, 0.3) is 0 Å². The van der Waals surface area contributed by atoms with Gasteiger partial charge in [-0.1, -0.05) is 0 Å². The lowest BCUT2D eigenvalue weighted by Gasteiger charge is -2.12. The lowest BCUT2D eigenvalue weighted by Crippen LogP contribution is -2.30. The van der Waals surface area contributed by atoms with Gasteiger partial charge in [0.05, 0.1) is 18.3 Å². The fourth-order valence-corrected chi connectivity index (χ4v) is 3.13. The van der Waals surface area contributed by atoms with Crippen LogP contribution in [-0.4, -0.2) is 37.2 Å². The third-order valence-electron chi connectivity index (χ3n) is 3.25. The number of anilines is 1. The maximum absolute atomic E-state index is 12.2. The molecule has 2 heterocycles. The van der Waals surface area contributed by atoms with Gasteiger partial charge in [0.2, 0.25) is 0 Å². The summed E-state index contributed by atoms with van der Waals surface area (Å²) in [5.74, 6) is -0.664. The minimum atomic E-state index is -0.504. The molecule has 0 bridgehead atoms. The Morgan fingerprint density at radius 2 is 2.29 bits per heavy atom. The maximum Gasteiger partial charge on any atom is 0.341 e. The summed E-state index contributed by atoms with van der Waals surface area (Å²) in [5, 5.41) is 3.28. The van der Waals surface area contributed by atoms with Gasteiger partial charge in [-0.25, -0.2) is 4.79 Å². The number of amides is 1. The first kappa shape index (κ1) is 15.9. The van der Waals surface area contributed by atoms with Gasteiger partial charge in [-0.3, -0.25) is 4.79 Å². The summed E-state index contributed by atoms with van der Waals surface area (Å²) in [6, 6.07) is 1.72. The molecule has 1 amide bonds. The van der Waals surface area contributed by atoms with Gasteiger partial charge >= 0.3 is 5.97 Å². The van der Waals surface area contributed by atoms with Crippen LogP contribution in [0.4, 0.5) is 5.00 Å². The molecule has 0 radical (unpaired) electrons. The van der Waals surface area contributed by atoms with E-state index in [0.717, 1.165) is 11.3 Å². The van der Waals surface area contributed by atoms with E-state index in [2.05, 4.69) is 5.32 Å². The largest absolute Gasteiger partial charge is 0.462 e. The second-order valence-electron chi connectivity index (χ2n) is 4.87. The molecule has 6 nitrogen and oxygen atoms in total. The Morgan fingerprint density at radius 1 is 1.52 bits per heavy atom. The van der Waals surface area contributed by atoms with Crippen molar-refractivity contribution >= 4 is 28.2 Å². The molecule has 2 unspecified atom stereocenters. The van der Waals surface area contributed by atoms with Crippen LogP contribution in [0.2, 0.25) is 0 Å². The number of carbonyl (C=O) groups is 2. The second-order valence-corrected chi connectivity index (χ2v) is 6.13. The molecule has 0 spiro atoms. The topological polar surface area (TPSA) is 90.7 Å². The van der Waals surface area contributed by atoms with Crippen LogP contribution >= 0.6 is 11.3 Å². The van der Waals surface area contributed by atoms with Crippen molar-refractivity contribution in [3.8, 4) is 0 Å². The Balaban J connectivity index is 2.05. The number of nitrogens with two attached hydrogens (primary N) is 1. The summed E-state index contributed by atoms with van der Waals surface area (Å²) >= 11 is 1.35. The number of esters is 1. The number of hydrogen-bond acceptors (Lipinski definition) is 6. The molecule has 1 fully saturated rings. The molecule has 1 aromatic rings. The number of nitrogens with one attached hydrogen (secondary N) is 1. The molecule has 0 aromatic carbocycles. The molecule has 21 heavy (non-hydrogen) atoms. The maximum atomic E-state index is 12.2. The SMILES string of the molecule is CCOC(=O)c1cc(C)sc1NC(=O)C1CCC(CN)O1. The molecule has 1 saturated heterocycles. The first-order valence-electron chi connectivity index (χ1n) is 6.99. The van der Waals surface area contributed by atoms with Gasteiger partial charge in [-0.2, -0.15) is 0 Å². The average molecular weight is 312 g/mol. The summed E-state index contributed by atoms with van der Waals surface area (Å²) in [4.78, 5) is 25.0. The first-order chi connectivity index (χ1) is 10.0. The Morgan fingerprint density at radius 3 is 2.90 bits per heavy atom. The Kier molecular flexibility index (Phi) is 5.33. The Labute approximate surface area is 127 Å². The van der Waals surface area contributed by atoms with Crippen molar-refractivity contribution in [2.24, 2.45) is 5.73 Å². The molecular formula is C14H20N2O4S. The van der Waals surface area contributed by atoms with Crippen molar-refractivity contribution in [3.63, 3.8) is 0 Å². The predicted molar refractivity (Wildman–Crippen MR) is 80.6 cm³/mol. The van der Waals surface area contributed by atoms with E-state index in [1.54, 1.807) is 13.0 Å². The molecule has 3 N–H and O–H groups in total. The zero-order valence-electron chi connectivity index (χ0n) is 12.2. The number of thiophene rings is 1. The fourth-order valence-electron chi connectivity index (χ4n) is 2.23. The van der Waals surface area contributed by atoms with Crippen molar-refractivity contribution in [2.45, 2.75) is 38.9 Å². The van der Waals surface area contributed by atoms with Gasteiger partial charge in [0.25, 0.3) is 5.91 Å². The zero-order chi connectivity index (χ0) is 15.4. The predicted octanol–water partition coefficient (Wildman–Crippen LogP) is 1.68. The zero-order valence-corrected chi connectivity index (χ0v) is 13.0. The normalized spacial score (nSPS) is 21.3. The van der Waals surface area contributed by atoms with Crippen LogP contribution in [0.5, 0.6) is 0 Å². The minimum absolute atomic E-state index is 0.0599. The van der Waals surface area contributed by atoms with E-state index >= 15 is 0 Å². The number of aryl methyl sites for hydroxylation is 1. The second kappa shape index (κ2) is 7.02. The third kappa shape index (κ3) is 3.81. The summed E-state index contributed by atoms with van der Waals surface area (Å²) in [6.45, 7) is 4.33. The molecule has 2 atom stereocenters. The van der Waals surface area contributed by atoms with E-state index in [4.69, 9.17) is 15.2 Å². The number of rotatable bonds is 5. The lowest BCUT2D eigenvalue weighted by molar-refractivity contribution is -0.126. The van der Waals surface area contributed by atoms with E-state index in [1.807, 2.05) is 6.92 Å². The van der Waals surface area contributed by atoms with Crippen LogP contribution < -0.4 is 11.1 Å². The molecule has 1 aliphatic heterocycles. The van der Waals surface area contributed by atoms with Crippen LogP contribution in [-0.2, 0) is 14.3 Å². The molecule has 0 saturated carbocycles. The third-order valence-corrected chi connectivity index (χ3v) is 4.22. The Hall–Kier alpha value is -1.44. The monoisotopic (exact) mass is 312 g/mol. The average Bonchev–Trinajstić information content (AvgIpc) is 3.05. The van der Waals surface area contributed by atoms with Crippen molar-refractivity contribution in [2.75, 3.05) is 18.5 Å². The molecule has 0 aliphatic carbocycles. The van der Waals surface area contributed by atoms with Crippen molar-refractivity contribution < 1.29 is 19.1 Å². The first-order valence-corrected chi connectivity index (χ1v) is 7.80. The highest BCUT2D eigenvalue weighted by molar-refractivity contribution is 7.16. The summed E-state index contributed by atoms with van der Waals surface area (Å²) in [6.07, 6.45) is 0.863. The molecule has 1 aliphatic rings. The van der Waals surface area contributed by atoms with E-state index < -0.39 is 12.1 Å². The minimum Gasteiger partial charge on any atom is -0.462 e. The van der Waals surface area contributed by atoms with Crippen molar-refractivity contribution in [1.82, 2.24) is 0 Å². The van der Waals surface area contributed by atoms with Gasteiger partial charge in [-0.05, 0) is 32.8 Å². The van der Waals surface area contributed by atoms with Gasteiger partial charge in [-0.15, -0.1) is 11.3 Å². The summed E-state index contributed by atoms with van der Waals surface area (Å²) in [5.41, 5.74) is 5.92. The fraction of sp³-hybridized carbons (Fsp3) is 0.571. The van der Waals surface area contributed by atoms with Gasteiger partial charge < -0.3 is 20.5 Å². The Bertz CT molecular complexity index is 529. The summed E-state index contributed by atoms with van der Waals surface area (Å²) in [7, 11) is 0. The van der Waals surface area contributed by atoms with Crippen molar-refractivity contribution in [1.29, 1.82) is 0 Å². The van der Waals surface area contributed by atoms with Crippen LogP contribution in [0.3, 0.4) is 0 Å². The highest BCUT2D eigenvalue weighted by Gasteiger charge is 2.31. The van der Waals surface area contributed by atoms with Crippen LogP contribution in [0.15, 0.2) is 6.07 Å². The van der Waals surface area contributed by atoms with Gasteiger partial charge in [0.15, 0.2) is 0 Å². The van der Waals surface area contributed by atoms with Crippen LogP contribution in [0.1, 0.15) is 35.0 Å².